The molecule has 0 radical (unpaired) electrons. The van der Waals surface area contributed by atoms with Gasteiger partial charge in [-0.2, -0.15) is 0 Å². The van der Waals surface area contributed by atoms with Crippen molar-refractivity contribution in [1.29, 1.82) is 0 Å². The fourth-order valence-electron chi connectivity index (χ4n) is 1.94. The smallest absolute Gasteiger partial charge is 0.0594 e. The van der Waals surface area contributed by atoms with Crippen molar-refractivity contribution in [3.05, 3.63) is 23.8 Å². The molecule has 0 spiro atoms. The molecule has 1 aliphatic rings. The van der Waals surface area contributed by atoms with Gasteiger partial charge in [0.15, 0.2) is 0 Å². The Labute approximate surface area is 111 Å². The molecule has 1 fully saturated rings. The molecule has 0 amide bonds. The van der Waals surface area contributed by atoms with Crippen LogP contribution in [0.5, 0.6) is 0 Å². The van der Waals surface area contributed by atoms with Crippen LogP contribution >= 0.6 is 0 Å². The van der Waals surface area contributed by atoms with Crippen LogP contribution in [-0.4, -0.2) is 47.7 Å². The molecule has 1 aromatic rings. The van der Waals surface area contributed by atoms with E-state index >= 15 is 0 Å². The molecule has 0 aliphatic carbocycles. The van der Waals surface area contributed by atoms with E-state index in [0.29, 0.717) is 5.75 Å². The number of anilines is 1. The zero-order valence-corrected chi connectivity index (χ0v) is 11.5. The van der Waals surface area contributed by atoms with E-state index in [1.54, 1.807) is 0 Å². The van der Waals surface area contributed by atoms with Crippen LogP contribution in [-0.2, 0) is 15.5 Å². The number of nitrogens with zero attached hydrogens (tertiary/aromatic N) is 1. The zero-order valence-electron chi connectivity index (χ0n) is 10.7. The maximum Gasteiger partial charge on any atom is 0.0594 e. The molecular weight excluding hydrogens is 248 g/mol. The van der Waals surface area contributed by atoms with Gasteiger partial charge in [-0.05, 0) is 30.7 Å². The summed E-state index contributed by atoms with van der Waals surface area (Å²) in [6.07, 6.45) is 0. The van der Waals surface area contributed by atoms with E-state index < -0.39 is 10.8 Å². The lowest BCUT2D eigenvalue weighted by Gasteiger charge is -2.26. The zero-order chi connectivity index (χ0) is 13.0. The summed E-state index contributed by atoms with van der Waals surface area (Å²) in [6, 6.07) is 5.61. The summed E-state index contributed by atoms with van der Waals surface area (Å²) in [7, 11) is -0.942. The highest BCUT2D eigenvalue weighted by molar-refractivity contribution is 7.85. The quantitative estimate of drug-likeness (QED) is 0.828. The molecule has 1 atom stereocenters. The lowest BCUT2D eigenvalue weighted by molar-refractivity contribution is 0.0409. The highest BCUT2D eigenvalue weighted by atomic mass is 32.2. The third-order valence-electron chi connectivity index (χ3n) is 3.20. The van der Waals surface area contributed by atoms with Gasteiger partial charge in [0.1, 0.15) is 0 Å². The Morgan fingerprint density at radius 1 is 1.39 bits per heavy atom. The summed E-state index contributed by atoms with van der Waals surface area (Å²) in [6.45, 7) is 6.26. The largest absolute Gasteiger partial charge is 0.399 e. The molecule has 0 aromatic heterocycles. The fourth-order valence-corrected chi connectivity index (χ4v) is 3.13. The van der Waals surface area contributed by atoms with Crippen molar-refractivity contribution in [2.75, 3.05) is 44.3 Å². The second-order valence-corrected chi connectivity index (χ2v) is 6.09. The van der Waals surface area contributed by atoms with Gasteiger partial charge in [0.2, 0.25) is 0 Å². The van der Waals surface area contributed by atoms with Crippen molar-refractivity contribution >= 4 is 16.5 Å². The fraction of sp³-hybridized carbons (Fsp3) is 0.538. The molecule has 1 aromatic carbocycles. The Morgan fingerprint density at radius 2 is 2.11 bits per heavy atom. The van der Waals surface area contributed by atoms with Gasteiger partial charge in [-0.15, -0.1) is 0 Å². The molecule has 5 heteroatoms. The molecule has 1 aliphatic heterocycles. The number of nitrogens with two attached hydrogens (primary N) is 1. The van der Waals surface area contributed by atoms with E-state index in [1.165, 1.54) is 0 Å². The van der Waals surface area contributed by atoms with Gasteiger partial charge < -0.3 is 10.5 Å². The van der Waals surface area contributed by atoms with Crippen LogP contribution in [0.1, 0.15) is 5.56 Å². The summed E-state index contributed by atoms with van der Waals surface area (Å²) in [5.41, 5.74) is 7.51. The van der Waals surface area contributed by atoms with E-state index in [2.05, 4.69) is 4.90 Å². The maximum absolute atomic E-state index is 12.2. The van der Waals surface area contributed by atoms with E-state index in [9.17, 15) is 4.21 Å². The molecule has 2 N–H and O–H groups in total. The Hall–Kier alpha value is -0.910. The monoisotopic (exact) mass is 268 g/mol. The number of morpholine rings is 1. The summed E-state index contributed by atoms with van der Waals surface area (Å²) in [5.74, 6) is 0.670. The van der Waals surface area contributed by atoms with Gasteiger partial charge in [0.25, 0.3) is 0 Å². The molecule has 0 saturated carbocycles. The van der Waals surface area contributed by atoms with Crippen molar-refractivity contribution < 1.29 is 8.95 Å². The second-order valence-electron chi connectivity index (χ2n) is 4.52. The van der Waals surface area contributed by atoms with Crippen LogP contribution < -0.4 is 5.73 Å². The standard InChI is InChI=1S/C13H20N2O2S/c1-11-10-12(2-3-13(11)14)18(16)9-6-15-4-7-17-8-5-15/h2-3,10H,4-9,14H2,1H3. The molecule has 1 saturated heterocycles. The van der Waals surface area contributed by atoms with Crippen LogP contribution in [0, 0.1) is 6.92 Å². The van der Waals surface area contributed by atoms with E-state index in [1.807, 2.05) is 25.1 Å². The lowest BCUT2D eigenvalue weighted by atomic mass is 10.2. The number of aryl methyl sites for hydroxylation is 1. The molecule has 1 unspecified atom stereocenters. The minimum Gasteiger partial charge on any atom is -0.399 e. The summed E-state index contributed by atoms with van der Waals surface area (Å²) < 4.78 is 17.5. The highest BCUT2D eigenvalue weighted by Crippen LogP contribution is 2.15. The molecule has 0 bridgehead atoms. The third kappa shape index (κ3) is 3.54. The number of hydrogen-bond donors (Lipinski definition) is 1. The SMILES string of the molecule is Cc1cc(S(=O)CCN2CCOCC2)ccc1N. The molecular formula is C13H20N2O2S. The van der Waals surface area contributed by atoms with Gasteiger partial charge >= 0.3 is 0 Å². The Balaban J connectivity index is 1.88. The average molecular weight is 268 g/mol. The Bertz CT molecular complexity index is 431. The predicted molar refractivity (Wildman–Crippen MR) is 74.1 cm³/mol. The first-order valence-corrected chi connectivity index (χ1v) is 7.53. The Kier molecular flexibility index (Phi) is 4.74. The molecule has 2 rings (SSSR count). The normalized spacial score (nSPS) is 18.7. The summed E-state index contributed by atoms with van der Waals surface area (Å²) >= 11 is 0. The van der Waals surface area contributed by atoms with Gasteiger partial charge in [-0.3, -0.25) is 9.11 Å². The van der Waals surface area contributed by atoms with Crippen molar-refractivity contribution in [2.24, 2.45) is 0 Å². The second kappa shape index (κ2) is 6.31. The Morgan fingerprint density at radius 3 is 2.78 bits per heavy atom. The van der Waals surface area contributed by atoms with Crippen LogP contribution in [0.25, 0.3) is 0 Å². The summed E-state index contributed by atoms with van der Waals surface area (Å²) in [4.78, 5) is 3.17. The number of hydrogen-bond acceptors (Lipinski definition) is 4. The van der Waals surface area contributed by atoms with Crippen molar-refractivity contribution in [2.45, 2.75) is 11.8 Å². The number of benzene rings is 1. The van der Waals surface area contributed by atoms with Crippen LogP contribution in [0.15, 0.2) is 23.1 Å². The van der Waals surface area contributed by atoms with E-state index in [4.69, 9.17) is 10.5 Å². The average Bonchev–Trinajstić information content (AvgIpc) is 2.40. The molecule has 100 valence electrons. The first-order chi connectivity index (χ1) is 8.66. The first-order valence-electron chi connectivity index (χ1n) is 6.21. The van der Waals surface area contributed by atoms with E-state index in [-0.39, 0.29) is 0 Å². The van der Waals surface area contributed by atoms with Crippen molar-refractivity contribution in [1.82, 2.24) is 4.90 Å². The summed E-state index contributed by atoms with van der Waals surface area (Å²) in [5, 5.41) is 0. The van der Waals surface area contributed by atoms with Gasteiger partial charge in [-0.25, -0.2) is 0 Å². The third-order valence-corrected chi connectivity index (χ3v) is 4.53. The number of nitrogen functional groups attached to an aromatic ring is 1. The molecule has 1 heterocycles. The van der Waals surface area contributed by atoms with Crippen LogP contribution in [0.3, 0.4) is 0 Å². The van der Waals surface area contributed by atoms with E-state index in [0.717, 1.165) is 49.0 Å². The number of ether oxygens (including phenoxy) is 1. The molecule has 18 heavy (non-hydrogen) atoms. The topological polar surface area (TPSA) is 55.6 Å². The first kappa shape index (κ1) is 13.5. The van der Waals surface area contributed by atoms with Gasteiger partial charge in [0.05, 0.1) is 24.0 Å². The number of rotatable bonds is 4. The minimum absolute atomic E-state index is 0.670. The van der Waals surface area contributed by atoms with Crippen molar-refractivity contribution in [3.8, 4) is 0 Å². The maximum atomic E-state index is 12.2. The minimum atomic E-state index is -0.942. The predicted octanol–water partition coefficient (Wildman–Crippen LogP) is 1.02. The van der Waals surface area contributed by atoms with Crippen LogP contribution in [0.4, 0.5) is 5.69 Å². The lowest BCUT2D eigenvalue weighted by Crippen LogP contribution is -2.38. The van der Waals surface area contributed by atoms with Gasteiger partial charge in [-0.1, -0.05) is 0 Å². The van der Waals surface area contributed by atoms with Gasteiger partial charge in [0, 0.05) is 36.0 Å². The molecule has 4 nitrogen and oxygen atoms in total. The van der Waals surface area contributed by atoms with Crippen molar-refractivity contribution in [3.63, 3.8) is 0 Å². The van der Waals surface area contributed by atoms with Crippen LogP contribution in [0.2, 0.25) is 0 Å². The highest BCUT2D eigenvalue weighted by Gasteiger charge is 2.12.